The summed E-state index contributed by atoms with van der Waals surface area (Å²) in [6.07, 6.45) is -0.496. The second-order valence-electron chi connectivity index (χ2n) is 6.89. The smallest absolute Gasteiger partial charge is 0.407 e. The third-order valence-corrected chi connectivity index (χ3v) is 4.97. The number of anilines is 1. The first-order chi connectivity index (χ1) is 10.8. The third-order valence-electron chi connectivity index (χ3n) is 3.24. The number of hydrogen-bond donors (Lipinski definition) is 2. The van der Waals surface area contributed by atoms with Crippen LogP contribution in [0.25, 0.3) is 0 Å². The number of aryl methyl sites for hydroxylation is 1. The molecule has 0 aliphatic heterocycles. The number of aromatic nitrogens is 2. The average Bonchev–Trinajstić information content (AvgIpc) is 2.64. The van der Waals surface area contributed by atoms with E-state index in [1.54, 1.807) is 53.1 Å². The third kappa shape index (κ3) is 5.70. The number of nitrogens with one attached hydrogen (secondary N) is 2. The van der Waals surface area contributed by atoms with Gasteiger partial charge in [0.25, 0.3) is 0 Å². The van der Waals surface area contributed by atoms with E-state index in [2.05, 4.69) is 15.1 Å². The molecule has 0 fully saturated rings. The highest BCUT2D eigenvalue weighted by molar-refractivity contribution is 7.93. The summed E-state index contributed by atoms with van der Waals surface area (Å²) in [7, 11) is -3.43. The summed E-state index contributed by atoms with van der Waals surface area (Å²) in [4.78, 5) is 11.6. The summed E-state index contributed by atoms with van der Waals surface area (Å²) in [5.74, 6) is 0. The van der Waals surface area contributed by atoms with Crippen molar-refractivity contribution < 1.29 is 17.9 Å². The lowest BCUT2D eigenvalue weighted by Gasteiger charge is -2.19. The summed E-state index contributed by atoms with van der Waals surface area (Å²) in [5.41, 5.74) is 1.22. The van der Waals surface area contributed by atoms with Crippen LogP contribution in [0.3, 0.4) is 0 Å². The van der Waals surface area contributed by atoms with Gasteiger partial charge in [0, 0.05) is 6.54 Å². The molecule has 0 saturated heterocycles. The van der Waals surface area contributed by atoms with Crippen LogP contribution in [0.1, 0.15) is 46.0 Å². The van der Waals surface area contributed by atoms with Gasteiger partial charge < -0.3 is 10.1 Å². The van der Waals surface area contributed by atoms with Crippen molar-refractivity contribution in [2.75, 3.05) is 11.3 Å². The van der Waals surface area contributed by atoms with E-state index in [1.807, 2.05) is 0 Å². The molecule has 1 aromatic rings. The topological polar surface area (TPSA) is 102 Å². The molecule has 24 heavy (non-hydrogen) atoms. The zero-order chi connectivity index (χ0) is 18.7. The highest BCUT2D eigenvalue weighted by Crippen LogP contribution is 2.21. The summed E-state index contributed by atoms with van der Waals surface area (Å²) in [6.45, 7) is 12.9. The Kier molecular flexibility index (Phi) is 6.26. The Hall–Kier alpha value is -1.77. The molecule has 0 saturated carbocycles. The van der Waals surface area contributed by atoms with Gasteiger partial charge in [0.15, 0.2) is 0 Å². The molecule has 0 aromatic carbocycles. The van der Waals surface area contributed by atoms with Crippen molar-refractivity contribution in [1.29, 1.82) is 0 Å². The molecule has 1 amide bonds. The maximum Gasteiger partial charge on any atom is 0.407 e. The normalized spacial score (nSPS) is 12.3. The molecule has 0 bridgehead atoms. The van der Waals surface area contributed by atoms with Gasteiger partial charge in [-0.1, -0.05) is 0 Å². The fourth-order valence-corrected chi connectivity index (χ4v) is 2.72. The Morgan fingerprint density at radius 2 is 1.88 bits per heavy atom. The highest BCUT2D eigenvalue weighted by atomic mass is 32.2. The van der Waals surface area contributed by atoms with Crippen LogP contribution in [0.5, 0.6) is 0 Å². The number of rotatable bonds is 6. The fraction of sp³-hybridized carbons (Fsp3) is 0.733. The van der Waals surface area contributed by atoms with Gasteiger partial charge in [-0.25, -0.2) is 13.2 Å². The summed E-state index contributed by atoms with van der Waals surface area (Å²) in [6, 6.07) is 0. The van der Waals surface area contributed by atoms with Gasteiger partial charge in [0.1, 0.15) is 5.60 Å². The molecule has 1 rings (SSSR count). The van der Waals surface area contributed by atoms with Gasteiger partial charge in [-0.2, -0.15) is 5.10 Å². The number of hydrogen-bond acceptors (Lipinski definition) is 5. The first kappa shape index (κ1) is 20.3. The molecule has 0 aliphatic carbocycles. The Labute approximate surface area is 144 Å². The quantitative estimate of drug-likeness (QED) is 0.809. The van der Waals surface area contributed by atoms with Gasteiger partial charge >= 0.3 is 6.09 Å². The predicted molar refractivity (Wildman–Crippen MR) is 93.6 cm³/mol. The zero-order valence-corrected chi connectivity index (χ0v) is 16.2. The van der Waals surface area contributed by atoms with Crippen LogP contribution in [0, 0.1) is 13.8 Å². The van der Waals surface area contributed by atoms with Gasteiger partial charge in [0.05, 0.1) is 28.9 Å². The van der Waals surface area contributed by atoms with Crippen molar-refractivity contribution in [3.8, 4) is 0 Å². The van der Waals surface area contributed by atoms with E-state index in [0.717, 1.165) is 0 Å². The zero-order valence-electron chi connectivity index (χ0n) is 15.4. The van der Waals surface area contributed by atoms with Gasteiger partial charge in [0.2, 0.25) is 10.0 Å². The molecule has 2 N–H and O–H groups in total. The SMILES string of the molecule is Cc1nn(CCNC(=O)OC(C)(C)C)c(C)c1NS(=O)(=O)C(C)C. The van der Waals surface area contributed by atoms with Gasteiger partial charge in [-0.15, -0.1) is 0 Å². The van der Waals surface area contributed by atoms with E-state index < -0.39 is 27.0 Å². The molecule has 0 radical (unpaired) electrons. The lowest BCUT2D eigenvalue weighted by Crippen LogP contribution is -2.34. The molecule has 8 nitrogen and oxygen atoms in total. The molecule has 0 unspecified atom stereocenters. The Bertz CT molecular complexity index is 687. The van der Waals surface area contributed by atoms with E-state index in [9.17, 15) is 13.2 Å². The van der Waals surface area contributed by atoms with Gasteiger partial charge in [-0.3, -0.25) is 9.40 Å². The lowest BCUT2D eigenvalue weighted by atomic mass is 10.2. The number of amides is 1. The van der Waals surface area contributed by atoms with Crippen LogP contribution in [-0.4, -0.2) is 41.7 Å². The number of nitrogens with zero attached hydrogens (tertiary/aromatic N) is 2. The molecule has 1 aromatic heterocycles. The second kappa shape index (κ2) is 7.42. The van der Waals surface area contributed by atoms with Crippen LogP contribution in [0.2, 0.25) is 0 Å². The molecule has 9 heteroatoms. The van der Waals surface area contributed by atoms with Crippen molar-refractivity contribution in [1.82, 2.24) is 15.1 Å². The monoisotopic (exact) mass is 360 g/mol. The van der Waals surface area contributed by atoms with Crippen molar-refractivity contribution in [2.45, 2.75) is 65.9 Å². The minimum Gasteiger partial charge on any atom is -0.444 e. The van der Waals surface area contributed by atoms with Crippen molar-refractivity contribution in [2.24, 2.45) is 0 Å². The maximum absolute atomic E-state index is 12.0. The summed E-state index contributed by atoms with van der Waals surface area (Å²) < 4.78 is 33.5. The van der Waals surface area contributed by atoms with Crippen LogP contribution in [0.4, 0.5) is 10.5 Å². The number of sulfonamides is 1. The number of ether oxygens (including phenoxy) is 1. The number of carbonyl (C=O) groups is 1. The Morgan fingerprint density at radius 1 is 1.29 bits per heavy atom. The molecular formula is C15H28N4O4S. The minimum atomic E-state index is -3.43. The van der Waals surface area contributed by atoms with Crippen LogP contribution < -0.4 is 10.0 Å². The minimum absolute atomic E-state index is 0.327. The average molecular weight is 360 g/mol. The first-order valence-electron chi connectivity index (χ1n) is 7.86. The standard InChI is InChI=1S/C15H28N4O4S/c1-10(2)24(21,22)18-13-11(3)17-19(12(13)4)9-8-16-14(20)23-15(5,6)7/h10,18H,8-9H2,1-7H3,(H,16,20). The van der Waals surface area contributed by atoms with Crippen molar-refractivity contribution in [3.05, 3.63) is 11.4 Å². The molecule has 138 valence electrons. The largest absolute Gasteiger partial charge is 0.444 e. The maximum atomic E-state index is 12.0. The van der Waals surface area contributed by atoms with Crippen LogP contribution in [0.15, 0.2) is 0 Å². The fourth-order valence-electron chi connectivity index (χ4n) is 1.90. The first-order valence-corrected chi connectivity index (χ1v) is 9.40. The van der Waals surface area contributed by atoms with E-state index in [1.165, 1.54) is 0 Å². The second-order valence-corrected chi connectivity index (χ2v) is 9.13. The predicted octanol–water partition coefficient (Wildman–Crippen LogP) is 2.17. The van der Waals surface area contributed by atoms with Crippen LogP contribution >= 0.6 is 0 Å². The van der Waals surface area contributed by atoms with E-state index >= 15 is 0 Å². The van der Waals surface area contributed by atoms with Crippen molar-refractivity contribution in [3.63, 3.8) is 0 Å². The Balaban J connectivity index is 2.72. The number of alkyl carbamates (subject to hydrolysis) is 1. The lowest BCUT2D eigenvalue weighted by molar-refractivity contribution is 0.0525. The van der Waals surface area contributed by atoms with Gasteiger partial charge in [-0.05, 0) is 48.5 Å². The molecule has 0 aliphatic rings. The molecule has 0 spiro atoms. The Morgan fingerprint density at radius 3 is 2.38 bits per heavy atom. The van der Waals surface area contributed by atoms with Crippen molar-refractivity contribution >= 4 is 21.8 Å². The number of carbonyl (C=O) groups excluding carboxylic acids is 1. The highest BCUT2D eigenvalue weighted by Gasteiger charge is 2.21. The molecule has 1 heterocycles. The van der Waals surface area contributed by atoms with E-state index in [0.29, 0.717) is 30.2 Å². The molecule has 0 atom stereocenters. The van der Waals surface area contributed by atoms with E-state index in [4.69, 9.17) is 4.74 Å². The summed E-state index contributed by atoms with van der Waals surface area (Å²) in [5, 5.41) is 6.44. The summed E-state index contributed by atoms with van der Waals surface area (Å²) >= 11 is 0. The molecular weight excluding hydrogens is 332 g/mol. The van der Waals surface area contributed by atoms with Crippen LogP contribution in [-0.2, 0) is 21.3 Å². The van der Waals surface area contributed by atoms with E-state index in [-0.39, 0.29) is 0 Å².